The highest BCUT2D eigenvalue weighted by Crippen LogP contribution is 2.35. The molecule has 1 aromatic carbocycles. The van der Waals surface area contributed by atoms with Crippen molar-refractivity contribution in [1.29, 1.82) is 0 Å². The molecule has 0 unspecified atom stereocenters. The third kappa shape index (κ3) is 3.83. The molecule has 0 saturated carbocycles. The Bertz CT molecular complexity index is 922. The van der Waals surface area contributed by atoms with Gasteiger partial charge in [0.15, 0.2) is 0 Å². The molecule has 1 N–H and O–H groups in total. The fourth-order valence-electron chi connectivity index (χ4n) is 4.93. The number of rotatable bonds is 3. The molecular formula is C21H26N4O4. The molecule has 0 aliphatic carbocycles. The number of benzene rings is 1. The Labute approximate surface area is 168 Å². The molecule has 2 amide bonds. The summed E-state index contributed by atoms with van der Waals surface area (Å²) in [4.78, 5) is 41.3. The number of H-pyrrole nitrogens is 1. The molecule has 3 heterocycles. The Morgan fingerprint density at radius 1 is 1.17 bits per heavy atom. The molecule has 2 fully saturated rings. The standard InChI is InChI=1S/C21H26N4O4/c1-14(26)25-16(12-15-8-4-2-5-9-15)13-18-17(25)10-6-3-7-11-24(18)21(28)19-20(27)23-29-22-19/h2,4-5,8-9,16-18H,3,6-7,10-13H2,1H3,(H,23,27)/t16-,17-,18+/m1/s1. The highest BCUT2D eigenvalue weighted by atomic mass is 16.6. The van der Waals surface area contributed by atoms with Crippen LogP contribution in [0.2, 0.25) is 0 Å². The first-order valence-corrected chi connectivity index (χ1v) is 10.2. The van der Waals surface area contributed by atoms with E-state index in [0.29, 0.717) is 13.0 Å². The quantitative estimate of drug-likeness (QED) is 0.852. The van der Waals surface area contributed by atoms with Crippen molar-refractivity contribution in [2.45, 2.75) is 63.6 Å². The maximum atomic E-state index is 13.1. The van der Waals surface area contributed by atoms with Gasteiger partial charge in [0.05, 0.1) is 12.1 Å². The minimum absolute atomic E-state index is 0.0221. The number of likely N-dealkylation sites (tertiary alicyclic amines) is 2. The van der Waals surface area contributed by atoms with Crippen LogP contribution in [-0.2, 0) is 11.2 Å². The maximum absolute atomic E-state index is 13.1. The zero-order valence-electron chi connectivity index (χ0n) is 16.5. The second-order valence-electron chi connectivity index (χ2n) is 7.95. The number of nitrogens with one attached hydrogen (secondary N) is 1. The van der Waals surface area contributed by atoms with E-state index >= 15 is 0 Å². The maximum Gasteiger partial charge on any atom is 0.313 e. The first-order chi connectivity index (χ1) is 14.1. The summed E-state index contributed by atoms with van der Waals surface area (Å²) in [5, 5.41) is 5.68. The lowest BCUT2D eigenvalue weighted by atomic mass is 9.95. The van der Waals surface area contributed by atoms with Gasteiger partial charge in [-0.1, -0.05) is 43.2 Å². The molecule has 8 heteroatoms. The normalized spacial score (nSPS) is 24.7. The first kappa shape index (κ1) is 19.4. The van der Waals surface area contributed by atoms with Crippen LogP contribution in [0.5, 0.6) is 0 Å². The van der Waals surface area contributed by atoms with Gasteiger partial charge in [0, 0.05) is 19.5 Å². The van der Waals surface area contributed by atoms with Gasteiger partial charge in [0.1, 0.15) is 0 Å². The fourth-order valence-corrected chi connectivity index (χ4v) is 4.93. The molecule has 0 spiro atoms. The van der Waals surface area contributed by atoms with Crippen LogP contribution in [0.4, 0.5) is 0 Å². The average Bonchev–Trinajstić information content (AvgIpc) is 3.26. The SMILES string of the molecule is CC(=O)N1[C@H](Cc2ccccc2)C[C@H]2[C@H]1CCCCCN2C(=O)c1no[nH]c1=O. The number of nitrogens with zero attached hydrogens (tertiary/aromatic N) is 3. The highest BCUT2D eigenvalue weighted by molar-refractivity contribution is 5.92. The molecule has 2 aliphatic heterocycles. The Hall–Kier alpha value is -2.90. The van der Waals surface area contributed by atoms with Gasteiger partial charge < -0.3 is 9.80 Å². The monoisotopic (exact) mass is 398 g/mol. The van der Waals surface area contributed by atoms with Gasteiger partial charge in [0.25, 0.3) is 5.91 Å². The Morgan fingerprint density at radius 2 is 1.97 bits per heavy atom. The minimum Gasteiger partial charge on any atom is -0.334 e. The lowest BCUT2D eigenvalue weighted by molar-refractivity contribution is -0.132. The fraction of sp³-hybridized carbons (Fsp3) is 0.524. The third-order valence-electron chi connectivity index (χ3n) is 6.14. The molecule has 8 nitrogen and oxygen atoms in total. The van der Waals surface area contributed by atoms with E-state index in [2.05, 4.69) is 27.1 Å². The van der Waals surface area contributed by atoms with E-state index in [1.165, 1.54) is 5.56 Å². The highest BCUT2D eigenvalue weighted by Gasteiger charge is 2.47. The number of aromatic nitrogens is 2. The minimum atomic E-state index is -0.615. The Kier molecular flexibility index (Phi) is 5.51. The van der Waals surface area contributed by atoms with Crippen molar-refractivity contribution in [2.24, 2.45) is 0 Å². The van der Waals surface area contributed by atoms with E-state index in [1.807, 2.05) is 23.1 Å². The summed E-state index contributed by atoms with van der Waals surface area (Å²) in [6.45, 7) is 2.16. The zero-order chi connectivity index (χ0) is 20.4. The van der Waals surface area contributed by atoms with E-state index in [4.69, 9.17) is 0 Å². The molecule has 2 aromatic rings. The molecule has 0 radical (unpaired) electrons. The van der Waals surface area contributed by atoms with Gasteiger partial charge in [-0.15, -0.1) is 0 Å². The lowest BCUT2D eigenvalue weighted by Gasteiger charge is -2.37. The van der Waals surface area contributed by atoms with Crippen molar-refractivity contribution >= 4 is 11.8 Å². The van der Waals surface area contributed by atoms with Crippen LogP contribution in [0, 0.1) is 0 Å². The van der Waals surface area contributed by atoms with E-state index in [9.17, 15) is 14.4 Å². The molecule has 0 bridgehead atoms. The summed E-state index contributed by atoms with van der Waals surface area (Å²) in [5.41, 5.74) is 0.338. The van der Waals surface area contributed by atoms with Gasteiger partial charge in [-0.05, 0) is 36.4 Å². The topological polar surface area (TPSA) is 99.5 Å². The van der Waals surface area contributed by atoms with Crippen molar-refractivity contribution in [2.75, 3.05) is 6.54 Å². The molecule has 3 atom stereocenters. The molecule has 4 rings (SSSR count). The van der Waals surface area contributed by atoms with Crippen molar-refractivity contribution in [3.05, 3.63) is 51.9 Å². The zero-order valence-corrected chi connectivity index (χ0v) is 16.5. The largest absolute Gasteiger partial charge is 0.334 e. The van der Waals surface area contributed by atoms with Gasteiger partial charge in [0.2, 0.25) is 11.6 Å². The molecule has 154 valence electrons. The van der Waals surface area contributed by atoms with Crippen LogP contribution in [0.1, 0.15) is 55.1 Å². The Morgan fingerprint density at radius 3 is 2.66 bits per heavy atom. The van der Waals surface area contributed by atoms with Gasteiger partial charge in [-0.2, -0.15) is 5.16 Å². The smallest absolute Gasteiger partial charge is 0.313 e. The molecule has 1 aromatic heterocycles. The molecule has 2 aliphatic rings. The number of amides is 2. The number of aromatic amines is 1. The van der Waals surface area contributed by atoms with Crippen molar-refractivity contribution in [3.8, 4) is 0 Å². The second kappa shape index (κ2) is 8.23. The summed E-state index contributed by atoms with van der Waals surface area (Å²) in [6, 6.07) is 9.95. The number of hydrogen-bond acceptors (Lipinski definition) is 5. The Balaban J connectivity index is 1.65. The van der Waals surface area contributed by atoms with Crippen LogP contribution in [0.3, 0.4) is 0 Å². The number of fused-ring (bicyclic) bond motifs is 1. The predicted molar refractivity (Wildman–Crippen MR) is 105 cm³/mol. The van der Waals surface area contributed by atoms with Crippen LogP contribution in [0.15, 0.2) is 39.8 Å². The van der Waals surface area contributed by atoms with Gasteiger partial charge in [-0.25, -0.2) is 0 Å². The average molecular weight is 398 g/mol. The molecule has 2 saturated heterocycles. The summed E-state index contributed by atoms with van der Waals surface area (Å²) < 4.78 is 4.58. The van der Waals surface area contributed by atoms with Crippen LogP contribution in [-0.4, -0.2) is 56.6 Å². The molecule has 29 heavy (non-hydrogen) atoms. The lowest BCUT2D eigenvalue weighted by Crippen LogP contribution is -2.51. The second-order valence-corrected chi connectivity index (χ2v) is 7.95. The molecular weight excluding hydrogens is 372 g/mol. The van der Waals surface area contributed by atoms with E-state index < -0.39 is 11.5 Å². The van der Waals surface area contributed by atoms with E-state index in [-0.39, 0.29) is 29.7 Å². The van der Waals surface area contributed by atoms with Crippen molar-refractivity contribution in [3.63, 3.8) is 0 Å². The summed E-state index contributed by atoms with van der Waals surface area (Å²) >= 11 is 0. The summed E-state index contributed by atoms with van der Waals surface area (Å²) in [5.74, 6) is -0.383. The van der Waals surface area contributed by atoms with E-state index in [0.717, 1.165) is 32.1 Å². The van der Waals surface area contributed by atoms with Crippen LogP contribution in [0.25, 0.3) is 0 Å². The summed E-state index contributed by atoms with van der Waals surface area (Å²) in [6.07, 6.45) is 5.18. The third-order valence-corrected chi connectivity index (χ3v) is 6.14. The van der Waals surface area contributed by atoms with Gasteiger partial charge in [-0.3, -0.25) is 19.0 Å². The van der Waals surface area contributed by atoms with Crippen LogP contribution >= 0.6 is 0 Å². The number of carbonyl (C=O) groups excluding carboxylic acids is 2. The van der Waals surface area contributed by atoms with Crippen molar-refractivity contribution in [1.82, 2.24) is 20.1 Å². The predicted octanol–water partition coefficient (Wildman–Crippen LogP) is 1.98. The number of hydrogen-bond donors (Lipinski definition) is 1. The van der Waals surface area contributed by atoms with Crippen molar-refractivity contribution < 1.29 is 14.2 Å². The van der Waals surface area contributed by atoms with Crippen LogP contribution < -0.4 is 5.56 Å². The summed E-state index contributed by atoms with van der Waals surface area (Å²) in [7, 11) is 0. The van der Waals surface area contributed by atoms with Gasteiger partial charge >= 0.3 is 5.56 Å². The first-order valence-electron chi connectivity index (χ1n) is 10.2. The number of carbonyl (C=O) groups is 2. The van der Waals surface area contributed by atoms with E-state index in [1.54, 1.807) is 11.8 Å².